The molecule has 0 saturated carbocycles. The largest absolute Gasteiger partial charge is 0.487 e. The molecule has 1 aromatic carbocycles. The Kier molecular flexibility index (Phi) is 5.24. The van der Waals surface area contributed by atoms with E-state index in [2.05, 4.69) is 43.6 Å². The van der Waals surface area contributed by atoms with E-state index in [0.29, 0.717) is 0 Å². The van der Waals surface area contributed by atoms with Gasteiger partial charge in [0.05, 0.1) is 23.3 Å². The van der Waals surface area contributed by atoms with Crippen LogP contribution in [0, 0.1) is 0 Å². The molecule has 1 amide bonds. The van der Waals surface area contributed by atoms with E-state index in [4.69, 9.17) is 10.5 Å². The fourth-order valence-electron chi connectivity index (χ4n) is 4.47. The van der Waals surface area contributed by atoms with Crippen molar-refractivity contribution < 1.29 is 9.53 Å². The lowest BCUT2D eigenvalue weighted by Crippen LogP contribution is -2.28. The molecule has 0 radical (unpaired) electrons. The van der Waals surface area contributed by atoms with Gasteiger partial charge in [-0.25, -0.2) is 15.0 Å². The number of amides is 1. The second kappa shape index (κ2) is 8.23. The van der Waals surface area contributed by atoms with Crippen LogP contribution in [-0.2, 0) is 24.2 Å². The van der Waals surface area contributed by atoms with Crippen LogP contribution in [0.5, 0.6) is 5.75 Å². The van der Waals surface area contributed by atoms with Gasteiger partial charge in [-0.15, -0.1) is 0 Å². The first-order valence-electron chi connectivity index (χ1n) is 11.0. The van der Waals surface area contributed by atoms with Crippen LogP contribution in [0.4, 0.5) is 11.4 Å². The third kappa shape index (κ3) is 4.13. The quantitative estimate of drug-likeness (QED) is 0.593. The summed E-state index contributed by atoms with van der Waals surface area (Å²) in [5.74, 6) is 0.791. The summed E-state index contributed by atoms with van der Waals surface area (Å²) in [6, 6.07) is 5.76. The fourth-order valence-corrected chi connectivity index (χ4v) is 4.47. The molecule has 2 aliphatic heterocycles. The Bertz CT molecular complexity index is 1190. The van der Waals surface area contributed by atoms with Gasteiger partial charge in [-0.3, -0.25) is 4.79 Å². The van der Waals surface area contributed by atoms with Crippen LogP contribution in [-0.4, -0.2) is 44.1 Å². The number of rotatable bonds is 4. The van der Waals surface area contributed by atoms with Crippen LogP contribution >= 0.6 is 0 Å². The second-order valence-electron chi connectivity index (χ2n) is 8.94. The zero-order valence-electron chi connectivity index (χ0n) is 18.8. The topological polar surface area (TPSA) is 111 Å². The summed E-state index contributed by atoms with van der Waals surface area (Å²) in [6.45, 7) is 6.55. The van der Waals surface area contributed by atoms with Crippen molar-refractivity contribution in [3.8, 4) is 5.75 Å². The Labute approximate surface area is 192 Å². The number of carbonyl (C=O) groups is 1. The lowest BCUT2D eigenvalue weighted by molar-refractivity contribution is -0.111. The summed E-state index contributed by atoms with van der Waals surface area (Å²) >= 11 is 0. The van der Waals surface area contributed by atoms with Crippen LogP contribution in [0.25, 0.3) is 5.57 Å². The van der Waals surface area contributed by atoms with E-state index in [0.717, 1.165) is 55.2 Å². The third-order valence-electron chi connectivity index (χ3n) is 6.04. The molecule has 0 spiro atoms. The van der Waals surface area contributed by atoms with Crippen molar-refractivity contribution in [3.63, 3.8) is 0 Å². The van der Waals surface area contributed by atoms with E-state index in [1.54, 1.807) is 18.5 Å². The zero-order valence-corrected chi connectivity index (χ0v) is 18.8. The lowest BCUT2D eigenvalue weighted by Gasteiger charge is -2.26. The maximum Gasteiger partial charge on any atom is 0.261 e. The van der Waals surface area contributed by atoms with Gasteiger partial charge in [0.1, 0.15) is 11.4 Å². The lowest BCUT2D eigenvalue weighted by atomic mass is 10.0. The smallest absolute Gasteiger partial charge is 0.261 e. The number of aromatic nitrogens is 4. The Morgan fingerprint density at radius 2 is 2.03 bits per heavy atom. The van der Waals surface area contributed by atoms with Gasteiger partial charge >= 0.3 is 0 Å². The normalized spacial score (nSPS) is 17.0. The number of hydrogen-bond donors (Lipinski definition) is 2. The average molecular weight is 446 g/mol. The molecule has 2 aromatic heterocycles. The van der Waals surface area contributed by atoms with Gasteiger partial charge in [0, 0.05) is 74.6 Å². The van der Waals surface area contributed by atoms with Crippen molar-refractivity contribution in [2.24, 2.45) is 5.73 Å². The van der Waals surface area contributed by atoms with Gasteiger partial charge in [0.25, 0.3) is 5.91 Å². The predicted molar refractivity (Wildman–Crippen MR) is 126 cm³/mol. The van der Waals surface area contributed by atoms with Crippen molar-refractivity contribution >= 4 is 22.9 Å². The van der Waals surface area contributed by atoms with Crippen LogP contribution in [0.15, 0.2) is 49.3 Å². The molecule has 0 atom stereocenters. The number of benzene rings is 1. The van der Waals surface area contributed by atoms with Crippen molar-refractivity contribution in [2.45, 2.75) is 38.8 Å². The van der Waals surface area contributed by atoms with E-state index in [1.165, 1.54) is 11.9 Å². The Morgan fingerprint density at radius 1 is 1.21 bits per heavy atom. The summed E-state index contributed by atoms with van der Waals surface area (Å²) in [4.78, 5) is 28.1. The number of anilines is 2. The van der Waals surface area contributed by atoms with Crippen LogP contribution in [0.1, 0.15) is 30.9 Å². The minimum Gasteiger partial charge on any atom is -0.487 e. The summed E-state index contributed by atoms with van der Waals surface area (Å²) in [6.07, 6.45) is 9.83. The summed E-state index contributed by atoms with van der Waals surface area (Å²) in [5, 5.41) is 3.07. The zero-order chi connectivity index (χ0) is 23.0. The molecule has 5 rings (SSSR count). The fraction of sp³-hybridized carbons (Fsp3) is 0.333. The first-order valence-corrected chi connectivity index (χ1v) is 11.0. The Hall–Kier alpha value is -3.88. The van der Waals surface area contributed by atoms with E-state index in [9.17, 15) is 4.79 Å². The standard InChI is InChI=1S/C24H27N7O2/c1-24(2)12-16-10-19(29-23(32)18(13-25)22-27-5-3-6-28-22)20(11-21(16)33-24)30-7-4-17-14-26-15-31(17)9-8-30/h3,5-6,10-11,13-15H,4,7-9,12,25H2,1-2H3,(H,29,32). The molecule has 33 heavy (non-hydrogen) atoms. The maximum absolute atomic E-state index is 13.2. The Morgan fingerprint density at radius 3 is 2.82 bits per heavy atom. The highest BCUT2D eigenvalue weighted by Gasteiger charge is 2.32. The van der Waals surface area contributed by atoms with Crippen molar-refractivity contribution in [2.75, 3.05) is 23.3 Å². The molecule has 3 aromatic rings. The summed E-state index contributed by atoms with van der Waals surface area (Å²) < 4.78 is 8.37. The molecule has 0 bridgehead atoms. The first kappa shape index (κ1) is 21.0. The maximum atomic E-state index is 13.2. The average Bonchev–Trinajstić information content (AvgIpc) is 3.30. The minimum atomic E-state index is -0.353. The van der Waals surface area contributed by atoms with Crippen molar-refractivity contribution in [3.05, 3.63) is 66.4 Å². The third-order valence-corrected chi connectivity index (χ3v) is 6.04. The van der Waals surface area contributed by atoms with Gasteiger partial charge in [-0.2, -0.15) is 0 Å². The van der Waals surface area contributed by atoms with E-state index < -0.39 is 0 Å². The van der Waals surface area contributed by atoms with Gasteiger partial charge in [0.15, 0.2) is 5.82 Å². The van der Waals surface area contributed by atoms with Gasteiger partial charge in [-0.1, -0.05) is 0 Å². The molecule has 0 aliphatic carbocycles. The Balaban J connectivity index is 1.48. The molecule has 9 nitrogen and oxygen atoms in total. The number of nitrogens with zero attached hydrogens (tertiary/aromatic N) is 5. The minimum absolute atomic E-state index is 0.219. The highest BCUT2D eigenvalue weighted by atomic mass is 16.5. The molecular weight excluding hydrogens is 418 g/mol. The molecule has 170 valence electrons. The molecule has 0 unspecified atom stereocenters. The summed E-state index contributed by atoms with van der Waals surface area (Å²) in [7, 11) is 0. The van der Waals surface area contributed by atoms with Gasteiger partial charge in [0.2, 0.25) is 0 Å². The van der Waals surface area contributed by atoms with E-state index >= 15 is 0 Å². The second-order valence-corrected chi connectivity index (χ2v) is 8.94. The summed E-state index contributed by atoms with van der Waals surface area (Å²) in [5.41, 5.74) is 9.63. The molecular formula is C24H27N7O2. The number of fused-ring (bicyclic) bond motifs is 2. The number of nitrogens with one attached hydrogen (secondary N) is 1. The number of imidazole rings is 1. The highest BCUT2D eigenvalue weighted by Crippen LogP contribution is 2.42. The number of nitrogens with two attached hydrogens (primary N) is 1. The van der Waals surface area contributed by atoms with E-state index in [1.807, 2.05) is 24.7 Å². The van der Waals surface area contributed by atoms with Crippen molar-refractivity contribution in [1.29, 1.82) is 0 Å². The van der Waals surface area contributed by atoms with Gasteiger partial charge < -0.3 is 25.3 Å². The molecule has 3 N–H and O–H groups in total. The van der Waals surface area contributed by atoms with E-state index in [-0.39, 0.29) is 22.9 Å². The molecule has 0 fully saturated rings. The SMILES string of the molecule is CC1(C)Cc2cc(NC(=O)C(=CN)c3ncccn3)c(N3CCc4cncn4CC3)cc2O1. The highest BCUT2D eigenvalue weighted by molar-refractivity contribution is 6.24. The molecule has 2 aliphatic rings. The van der Waals surface area contributed by atoms with Gasteiger partial charge in [-0.05, 0) is 26.0 Å². The predicted octanol–water partition coefficient (Wildman–Crippen LogP) is 2.39. The first-order chi connectivity index (χ1) is 15.9. The van der Waals surface area contributed by atoms with Crippen molar-refractivity contribution in [1.82, 2.24) is 19.5 Å². The number of ether oxygens (including phenoxy) is 1. The number of hydrogen-bond acceptors (Lipinski definition) is 7. The monoisotopic (exact) mass is 445 g/mol. The molecule has 4 heterocycles. The number of carbonyl (C=O) groups excluding carboxylic acids is 1. The van der Waals surface area contributed by atoms with Crippen LogP contribution in [0.2, 0.25) is 0 Å². The van der Waals surface area contributed by atoms with Crippen LogP contribution in [0.3, 0.4) is 0 Å². The molecule has 0 saturated heterocycles. The van der Waals surface area contributed by atoms with Crippen LogP contribution < -0.4 is 20.7 Å². The molecule has 9 heteroatoms.